The highest BCUT2D eigenvalue weighted by Gasteiger charge is 2.23. The molecule has 0 atom stereocenters. The number of anilines is 1. The highest BCUT2D eigenvalue weighted by Crippen LogP contribution is 2.35. The molecule has 0 saturated carbocycles. The number of hydrogen-bond donors (Lipinski definition) is 1. The molecule has 5 heteroatoms. The number of nitrogens with zero attached hydrogens (tertiary/aromatic N) is 3. The molecule has 0 unspecified atom stereocenters. The molecule has 0 amide bonds. The van der Waals surface area contributed by atoms with E-state index < -0.39 is 0 Å². The molecule has 1 aliphatic carbocycles. The lowest BCUT2D eigenvalue weighted by molar-refractivity contribution is 0.405. The van der Waals surface area contributed by atoms with Gasteiger partial charge in [-0.05, 0) is 76.0 Å². The monoisotopic (exact) mass is 324 g/mol. The van der Waals surface area contributed by atoms with Gasteiger partial charge in [-0.2, -0.15) is 5.26 Å². The Morgan fingerprint density at radius 2 is 2.08 bits per heavy atom. The van der Waals surface area contributed by atoms with Crippen molar-refractivity contribution in [3.63, 3.8) is 0 Å². The summed E-state index contributed by atoms with van der Waals surface area (Å²) in [4.78, 5) is 6.93. The van der Waals surface area contributed by atoms with Gasteiger partial charge < -0.3 is 14.6 Å². The molecule has 2 heterocycles. The summed E-state index contributed by atoms with van der Waals surface area (Å²) in [6, 6.07) is 6.21. The van der Waals surface area contributed by atoms with Crippen LogP contribution < -0.4 is 5.32 Å². The highest BCUT2D eigenvalue weighted by molar-refractivity contribution is 5.69. The van der Waals surface area contributed by atoms with Crippen molar-refractivity contribution in [1.29, 1.82) is 5.26 Å². The third-order valence-electron chi connectivity index (χ3n) is 4.46. The molecule has 3 rings (SSSR count). The lowest BCUT2D eigenvalue weighted by atomic mass is 9.87. The zero-order valence-corrected chi connectivity index (χ0v) is 14.4. The van der Waals surface area contributed by atoms with Gasteiger partial charge in [0.15, 0.2) is 5.76 Å². The number of furan rings is 1. The lowest BCUT2D eigenvalue weighted by Gasteiger charge is -2.22. The van der Waals surface area contributed by atoms with Crippen LogP contribution in [0.1, 0.15) is 36.0 Å². The Hall–Kier alpha value is -2.32. The first-order valence-electron chi connectivity index (χ1n) is 8.59. The molecule has 0 aromatic carbocycles. The number of nitriles is 1. The average Bonchev–Trinajstić information content (AvgIpc) is 3.12. The second-order valence-electron chi connectivity index (χ2n) is 6.52. The van der Waals surface area contributed by atoms with Crippen molar-refractivity contribution >= 4 is 5.82 Å². The number of aromatic nitrogens is 1. The van der Waals surface area contributed by atoms with Gasteiger partial charge in [-0.1, -0.05) is 0 Å². The van der Waals surface area contributed by atoms with Crippen molar-refractivity contribution in [2.45, 2.75) is 32.1 Å². The summed E-state index contributed by atoms with van der Waals surface area (Å²) in [6.07, 6.45) is 6.86. The van der Waals surface area contributed by atoms with E-state index in [0.29, 0.717) is 11.4 Å². The summed E-state index contributed by atoms with van der Waals surface area (Å²) in [5.74, 6) is 1.48. The van der Waals surface area contributed by atoms with E-state index in [4.69, 9.17) is 9.40 Å². The lowest BCUT2D eigenvalue weighted by Crippen LogP contribution is -2.18. The van der Waals surface area contributed by atoms with Crippen molar-refractivity contribution in [1.82, 2.24) is 9.88 Å². The number of fused-ring (bicyclic) bond motifs is 1. The predicted molar refractivity (Wildman–Crippen MR) is 95.0 cm³/mol. The fourth-order valence-electron chi connectivity index (χ4n) is 3.29. The summed E-state index contributed by atoms with van der Waals surface area (Å²) in [6.45, 7) is 1.81. The molecule has 0 aliphatic heterocycles. The van der Waals surface area contributed by atoms with E-state index in [1.807, 2.05) is 12.1 Å². The van der Waals surface area contributed by atoms with Crippen molar-refractivity contribution in [3.8, 4) is 17.5 Å². The Morgan fingerprint density at radius 3 is 2.75 bits per heavy atom. The van der Waals surface area contributed by atoms with Gasteiger partial charge in [-0.3, -0.25) is 0 Å². The normalized spacial score (nSPS) is 13.6. The largest absolute Gasteiger partial charge is 0.463 e. The quantitative estimate of drug-likeness (QED) is 0.824. The van der Waals surface area contributed by atoms with E-state index in [1.165, 1.54) is 5.56 Å². The molecule has 5 nitrogen and oxygen atoms in total. The van der Waals surface area contributed by atoms with Crippen LogP contribution in [0, 0.1) is 11.3 Å². The van der Waals surface area contributed by atoms with Gasteiger partial charge in [0.25, 0.3) is 0 Å². The van der Waals surface area contributed by atoms with Crippen molar-refractivity contribution < 1.29 is 4.42 Å². The van der Waals surface area contributed by atoms with Gasteiger partial charge in [0.05, 0.1) is 11.8 Å². The highest BCUT2D eigenvalue weighted by atomic mass is 16.3. The number of hydrogen-bond acceptors (Lipinski definition) is 5. The van der Waals surface area contributed by atoms with Crippen molar-refractivity contribution in [2.75, 3.05) is 32.5 Å². The third kappa shape index (κ3) is 3.44. The fourth-order valence-corrected chi connectivity index (χ4v) is 3.29. The van der Waals surface area contributed by atoms with Crippen LogP contribution in [0.2, 0.25) is 0 Å². The smallest absolute Gasteiger partial charge is 0.152 e. The predicted octanol–water partition coefficient (Wildman–Crippen LogP) is 3.46. The minimum Gasteiger partial charge on any atom is -0.463 e. The van der Waals surface area contributed by atoms with Crippen molar-refractivity contribution in [2.24, 2.45) is 0 Å². The SMILES string of the molecule is CN(C)CCCNc1nc(-c2ccco2)c2c(c1C#N)CCCC2. The third-order valence-corrected chi connectivity index (χ3v) is 4.46. The summed E-state index contributed by atoms with van der Waals surface area (Å²) in [7, 11) is 4.12. The molecule has 1 N–H and O–H groups in total. The first-order valence-corrected chi connectivity index (χ1v) is 8.59. The number of rotatable bonds is 6. The second-order valence-corrected chi connectivity index (χ2v) is 6.52. The summed E-state index contributed by atoms with van der Waals surface area (Å²) >= 11 is 0. The average molecular weight is 324 g/mol. The Kier molecular flexibility index (Phi) is 5.17. The maximum atomic E-state index is 9.68. The van der Waals surface area contributed by atoms with Gasteiger partial charge in [0.1, 0.15) is 17.6 Å². The summed E-state index contributed by atoms with van der Waals surface area (Å²) in [5.41, 5.74) is 3.94. The molecule has 0 bridgehead atoms. The van der Waals surface area contributed by atoms with Gasteiger partial charge in [0.2, 0.25) is 0 Å². The molecule has 2 aromatic rings. The molecular weight excluding hydrogens is 300 g/mol. The Labute approximate surface area is 143 Å². The van der Waals surface area contributed by atoms with E-state index >= 15 is 0 Å². The fraction of sp³-hybridized carbons (Fsp3) is 0.474. The minimum absolute atomic E-state index is 0.698. The molecule has 0 spiro atoms. The van der Waals surface area contributed by atoms with Crippen LogP contribution >= 0.6 is 0 Å². The molecule has 1 aliphatic rings. The van der Waals surface area contributed by atoms with Crippen LogP contribution in [0.4, 0.5) is 5.82 Å². The Bertz CT molecular complexity index is 729. The van der Waals surface area contributed by atoms with Crippen LogP contribution in [0.5, 0.6) is 0 Å². The summed E-state index contributed by atoms with van der Waals surface area (Å²) < 4.78 is 5.59. The first kappa shape index (κ1) is 16.5. The molecule has 2 aromatic heterocycles. The van der Waals surface area contributed by atoms with E-state index in [2.05, 4.69) is 30.4 Å². The van der Waals surface area contributed by atoms with Gasteiger partial charge in [-0.25, -0.2) is 4.98 Å². The number of nitrogens with one attached hydrogen (secondary N) is 1. The zero-order valence-electron chi connectivity index (χ0n) is 14.4. The molecule has 0 saturated heterocycles. The molecule has 126 valence electrons. The summed E-state index contributed by atoms with van der Waals surface area (Å²) in [5, 5.41) is 13.0. The maximum absolute atomic E-state index is 9.68. The molecule has 24 heavy (non-hydrogen) atoms. The van der Waals surface area contributed by atoms with E-state index in [0.717, 1.165) is 62.2 Å². The van der Waals surface area contributed by atoms with Crippen LogP contribution in [-0.4, -0.2) is 37.1 Å². The van der Waals surface area contributed by atoms with Crippen LogP contribution in [0.25, 0.3) is 11.5 Å². The Balaban J connectivity index is 1.95. The molecule has 0 radical (unpaired) electrons. The van der Waals surface area contributed by atoms with Crippen LogP contribution in [-0.2, 0) is 12.8 Å². The second kappa shape index (κ2) is 7.50. The topological polar surface area (TPSA) is 65.1 Å². The minimum atomic E-state index is 0.698. The zero-order chi connectivity index (χ0) is 16.9. The van der Waals surface area contributed by atoms with Gasteiger partial charge >= 0.3 is 0 Å². The van der Waals surface area contributed by atoms with Crippen molar-refractivity contribution in [3.05, 3.63) is 35.1 Å². The van der Waals surface area contributed by atoms with Crippen LogP contribution in [0.3, 0.4) is 0 Å². The molecule has 0 fully saturated rings. The maximum Gasteiger partial charge on any atom is 0.152 e. The number of pyridine rings is 1. The van der Waals surface area contributed by atoms with Gasteiger partial charge in [0, 0.05) is 6.54 Å². The first-order chi connectivity index (χ1) is 11.7. The Morgan fingerprint density at radius 1 is 1.29 bits per heavy atom. The van der Waals surface area contributed by atoms with E-state index in [-0.39, 0.29) is 0 Å². The van der Waals surface area contributed by atoms with E-state index in [1.54, 1.807) is 6.26 Å². The van der Waals surface area contributed by atoms with Gasteiger partial charge in [-0.15, -0.1) is 0 Å². The van der Waals surface area contributed by atoms with E-state index in [9.17, 15) is 5.26 Å². The standard InChI is InChI=1S/C19H24N4O/c1-23(2)11-6-10-21-19-16(13-20)14-7-3-4-8-15(14)18(22-19)17-9-5-12-24-17/h5,9,12H,3-4,6-8,10-11H2,1-2H3,(H,21,22). The molecular formula is C19H24N4O. The van der Waals surface area contributed by atoms with Crippen LogP contribution in [0.15, 0.2) is 22.8 Å².